The van der Waals surface area contributed by atoms with Crippen molar-refractivity contribution in [1.29, 1.82) is 0 Å². The topological polar surface area (TPSA) is 112 Å². The third kappa shape index (κ3) is 11.3. The van der Waals surface area contributed by atoms with E-state index in [1.165, 1.54) is 82.0 Å². The highest BCUT2D eigenvalue weighted by Crippen LogP contribution is 2.16. The monoisotopic (exact) mass is 452 g/mol. The summed E-state index contributed by atoms with van der Waals surface area (Å²) < 4.78 is 1.42. The van der Waals surface area contributed by atoms with Crippen molar-refractivity contribution in [3.8, 4) is 0 Å². The zero-order valence-corrected chi connectivity index (χ0v) is 20.2. The molecule has 0 spiro atoms. The number of aromatic carboxylic acids is 3. The number of carbonyl (C=O) groups is 3. The predicted octanol–water partition coefficient (Wildman–Crippen LogP) is 5.78. The zero-order chi connectivity index (χ0) is 24.6. The summed E-state index contributed by atoms with van der Waals surface area (Å²) in [6, 6.07) is 2.70. The van der Waals surface area contributed by atoms with E-state index in [-0.39, 0.29) is 16.7 Å². The van der Waals surface area contributed by atoms with E-state index in [2.05, 4.69) is 27.7 Å². The molecule has 0 aromatic heterocycles. The van der Waals surface area contributed by atoms with E-state index in [0.717, 1.165) is 18.2 Å². The molecule has 1 aromatic rings. The Morgan fingerprint density at radius 3 is 0.938 bits per heavy atom. The highest BCUT2D eigenvalue weighted by molar-refractivity contribution is 5.98. The van der Waals surface area contributed by atoms with Gasteiger partial charge in [-0.3, -0.25) is 0 Å². The third-order valence-corrected chi connectivity index (χ3v) is 5.62. The Bertz CT molecular complexity index is 600. The van der Waals surface area contributed by atoms with E-state index in [1.807, 2.05) is 0 Å². The second kappa shape index (κ2) is 16.3. The Kier molecular flexibility index (Phi) is 15.0. The van der Waals surface area contributed by atoms with E-state index in [0.29, 0.717) is 0 Å². The second-order valence-electron chi connectivity index (χ2n) is 8.36. The number of hydrogen-bond donors (Lipinski definition) is 3. The van der Waals surface area contributed by atoms with Gasteiger partial charge in [0.05, 0.1) is 42.9 Å². The number of hydrogen-bond acceptors (Lipinski definition) is 3. The molecule has 182 valence electrons. The van der Waals surface area contributed by atoms with Crippen LogP contribution in [0, 0.1) is 0 Å². The first-order valence-electron chi connectivity index (χ1n) is 11.9. The minimum atomic E-state index is -1.37. The van der Waals surface area contributed by atoms with Crippen LogP contribution in [0.5, 0.6) is 0 Å². The van der Waals surface area contributed by atoms with Crippen LogP contribution in [0.15, 0.2) is 18.2 Å². The van der Waals surface area contributed by atoms with Crippen molar-refractivity contribution >= 4 is 17.9 Å². The van der Waals surface area contributed by atoms with Crippen molar-refractivity contribution in [2.75, 3.05) is 26.2 Å². The highest BCUT2D eigenvalue weighted by atomic mass is 16.4. The van der Waals surface area contributed by atoms with Gasteiger partial charge in [-0.2, -0.15) is 0 Å². The van der Waals surface area contributed by atoms with Gasteiger partial charge in [-0.15, -0.1) is 0 Å². The Balaban J connectivity index is 0.000000604. The maximum atomic E-state index is 10.6. The first-order chi connectivity index (χ1) is 15.2. The fraction of sp³-hybridized carbons (Fsp3) is 0.640. The Hall–Kier alpha value is -2.41. The van der Waals surface area contributed by atoms with Crippen LogP contribution in [-0.2, 0) is 0 Å². The van der Waals surface area contributed by atoms with Crippen LogP contribution in [0.3, 0.4) is 0 Å². The molecular weight excluding hydrogens is 410 g/mol. The maximum absolute atomic E-state index is 10.6. The number of unbranched alkanes of at least 4 members (excludes halogenated alkanes) is 4. The van der Waals surface area contributed by atoms with Gasteiger partial charge in [0.25, 0.3) is 0 Å². The van der Waals surface area contributed by atoms with E-state index >= 15 is 0 Å². The van der Waals surface area contributed by atoms with Gasteiger partial charge in [-0.1, -0.05) is 53.4 Å². The molecule has 0 radical (unpaired) electrons. The standard InChI is InChI=1S/C16H36N.C9H6O6/c1-5-9-13-17(14-10-6-2,15-11-7-3)16-12-8-4;10-7(11)4-1-5(8(12)13)3-6(2-4)9(14)15/h5-16H2,1-4H3;1-3H,(H,10,11)(H,12,13)(H,14,15)/q+1;. The lowest BCUT2D eigenvalue weighted by molar-refractivity contribution is -0.929. The number of rotatable bonds is 15. The molecule has 0 unspecified atom stereocenters. The van der Waals surface area contributed by atoms with E-state index in [4.69, 9.17) is 15.3 Å². The summed E-state index contributed by atoms with van der Waals surface area (Å²) in [5.74, 6) is -4.12. The van der Waals surface area contributed by atoms with Crippen LogP contribution in [0.4, 0.5) is 0 Å². The van der Waals surface area contributed by atoms with Crippen molar-refractivity contribution in [3.63, 3.8) is 0 Å². The summed E-state index contributed by atoms with van der Waals surface area (Å²) in [6.07, 6.45) is 11.1. The van der Waals surface area contributed by atoms with Gasteiger partial charge in [0.1, 0.15) is 0 Å². The van der Waals surface area contributed by atoms with Crippen molar-refractivity contribution < 1.29 is 34.2 Å². The molecule has 7 nitrogen and oxygen atoms in total. The second-order valence-corrected chi connectivity index (χ2v) is 8.36. The Morgan fingerprint density at radius 2 is 0.781 bits per heavy atom. The van der Waals surface area contributed by atoms with Crippen LogP contribution >= 0.6 is 0 Å². The highest BCUT2D eigenvalue weighted by Gasteiger charge is 2.24. The van der Waals surface area contributed by atoms with Crippen LogP contribution in [0.25, 0.3) is 0 Å². The molecule has 7 heteroatoms. The smallest absolute Gasteiger partial charge is 0.335 e. The largest absolute Gasteiger partial charge is 0.478 e. The fourth-order valence-electron chi connectivity index (χ4n) is 3.64. The molecule has 0 saturated carbocycles. The average molecular weight is 453 g/mol. The van der Waals surface area contributed by atoms with E-state index < -0.39 is 17.9 Å². The van der Waals surface area contributed by atoms with Gasteiger partial charge in [-0.25, -0.2) is 14.4 Å². The molecule has 0 aliphatic rings. The van der Waals surface area contributed by atoms with Gasteiger partial charge in [0, 0.05) is 0 Å². The molecule has 0 fully saturated rings. The SMILES string of the molecule is CCCC[N+](CCCC)(CCCC)CCCC.O=C(O)c1cc(C(=O)O)cc(C(=O)O)c1. The summed E-state index contributed by atoms with van der Waals surface area (Å²) in [4.78, 5) is 31.7. The van der Waals surface area contributed by atoms with Crippen LogP contribution < -0.4 is 0 Å². The summed E-state index contributed by atoms with van der Waals surface area (Å²) in [5, 5.41) is 25.8. The van der Waals surface area contributed by atoms with Gasteiger partial charge >= 0.3 is 17.9 Å². The lowest BCUT2D eigenvalue weighted by Crippen LogP contribution is -2.50. The normalized spacial score (nSPS) is 10.9. The predicted molar refractivity (Wildman–Crippen MR) is 127 cm³/mol. The number of quaternary nitrogens is 1. The van der Waals surface area contributed by atoms with Crippen LogP contribution in [-0.4, -0.2) is 63.9 Å². The summed E-state index contributed by atoms with van der Waals surface area (Å²) in [6.45, 7) is 15.0. The van der Waals surface area contributed by atoms with Gasteiger partial charge in [-0.05, 0) is 43.9 Å². The summed E-state index contributed by atoms with van der Waals surface area (Å²) in [5.41, 5.74) is -1.10. The molecule has 32 heavy (non-hydrogen) atoms. The Morgan fingerprint density at radius 1 is 0.562 bits per heavy atom. The van der Waals surface area contributed by atoms with Crippen molar-refractivity contribution in [2.45, 2.75) is 79.1 Å². The van der Waals surface area contributed by atoms with Crippen LogP contribution in [0.2, 0.25) is 0 Å². The molecule has 0 saturated heterocycles. The lowest BCUT2D eigenvalue weighted by Gasteiger charge is -2.39. The molecule has 0 amide bonds. The Labute approximate surface area is 192 Å². The third-order valence-electron chi connectivity index (χ3n) is 5.62. The van der Waals surface area contributed by atoms with Crippen LogP contribution in [0.1, 0.15) is 110 Å². The minimum absolute atomic E-state index is 0.368. The molecule has 3 N–H and O–H groups in total. The number of benzene rings is 1. The quantitative estimate of drug-likeness (QED) is 0.291. The molecule has 1 aromatic carbocycles. The minimum Gasteiger partial charge on any atom is -0.478 e. The fourth-order valence-corrected chi connectivity index (χ4v) is 3.64. The molecular formula is C25H42NO6+. The molecule has 0 aliphatic heterocycles. The number of carboxylic acid groups (broad SMARTS) is 3. The van der Waals surface area contributed by atoms with Gasteiger partial charge < -0.3 is 19.8 Å². The zero-order valence-electron chi connectivity index (χ0n) is 20.2. The van der Waals surface area contributed by atoms with Crippen molar-refractivity contribution in [2.24, 2.45) is 0 Å². The first-order valence-corrected chi connectivity index (χ1v) is 11.9. The van der Waals surface area contributed by atoms with E-state index in [1.54, 1.807) is 0 Å². The molecule has 0 aliphatic carbocycles. The average Bonchev–Trinajstić information content (AvgIpc) is 2.78. The molecule has 1 rings (SSSR count). The molecule has 0 heterocycles. The van der Waals surface area contributed by atoms with Crippen molar-refractivity contribution in [3.05, 3.63) is 34.9 Å². The lowest BCUT2D eigenvalue weighted by atomic mass is 10.1. The number of carboxylic acids is 3. The maximum Gasteiger partial charge on any atom is 0.335 e. The van der Waals surface area contributed by atoms with Gasteiger partial charge in [0.15, 0.2) is 0 Å². The molecule has 0 atom stereocenters. The molecule has 0 bridgehead atoms. The van der Waals surface area contributed by atoms with E-state index in [9.17, 15) is 14.4 Å². The first kappa shape index (κ1) is 29.6. The summed E-state index contributed by atoms with van der Waals surface area (Å²) >= 11 is 0. The number of nitrogens with zero attached hydrogens (tertiary/aromatic N) is 1. The summed E-state index contributed by atoms with van der Waals surface area (Å²) in [7, 11) is 0. The van der Waals surface area contributed by atoms with Crippen molar-refractivity contribution in [1.82, 2.24) is 0 Å². The van der Waals surface area contributed by atoms with Gasteiger partial charge in [0.2, 0.25) is 0 Å².